The van der Waals surface area contributed by atoms with Crippen molar-refractivity contribution in [3.63, 3.8) is 0 Å². The molecule has 1 N–H and O–H groups in total. The Labute approximate surface area is 192 Å². The molecule has 0 amide bonds. The number of aryl methyl sites for hydroxylation is 1. The molecule has 0 aliphatic carbocycles. The number of rotatable bonds is 3. The van der Waals surface area contributed by atoms with Crippen molar-refractivity contribution in [1.82, 2.24) is 4.57 Å². The Morgan fingerprint density at radius 1 is 1.21 bits per heavy atom. The number of aromatic nitrogens is 3. The number of aliphatic hydroxyl groups excluding tert-OH is 1. The summed E-state index contributed by atoms with van der Waals surface area (Å²) in [5.74, 6) is -3.43. The molecule has 1 spiro atoms. The van der Waals surface area contributed by atoms with Gasteiger partial charge in [0.1, 0.15) is 17.6 Å². The highest BCUT2D eigenvalue weighted by Crippen LogP contribution is 2.57. The first-order valence-electron chi connectivity index (χ1n) is 11.1. The van der Waals surface area contributed by atoms with E-state index in [1.165, 1.54) is 6.07 Å². The van der Waals surface area contributed by atoms with Gasteiger partial charge in [0.05, 0.1) is 18.2 Å². The molecule has 3 atom stereocenters. The molecule has 0 bridgehead atoms. The summed E-state index contributed by atoms with van der Waals surface area (Å²) in [5.41, 5.74) is -4.63. The van der Waals surface area contributed by atoms with Crippen LogP contribution in [-0.2, 0) is 29.2 Å². The van der Waals surface area contributed by atoms with Crippen molar-refractivity contribution in [3.05, 3.63) is 71.4 Å². The molecule has 34 heavy (non-hydrogen) atoms. The Morgan fingerprint density at radius 2 is 1.94 bits per heavy atom. The number of benzene rings is 1. The highest BCUT2D eigenvalue weighted by molar-refractivity contribution is 5.68. The number of pyridine rings is 1. The molecule has 0 saturated carbocycles. The molecule has 5 rings (SSSR count). The summed E-state index contributed by atoms with van der Waals surface area (Å²) >= 11 is 0. The van der Waals surface area contributed by atoms with E-state index in [-0.39, 0.29) is 11.3 Å². The molecule has 0 fully saturated rings. The van der Waals surface area contributed by atoms with E-state index in [9.17, 15) is 18.3 Å². The van der Waals surface area contributed by atoms with Crippen LogP contribution in [0.4, 0.5) is 22.0 Å². The third kappa shape index (κ3) is 2.66. The van der Waals surface area contributed by atoms with Crippen LogP contribution in [0.15, 0.2) is 43.0 Å². The van der Waals surface area contributed by atoms with Gasteiger partial charge in [-0.3, -0.25) is 4.74 Å². The molecule has 180 valence electrons. The van der Waals surface area contributed by atoms with Crippen molar-refractivity contribution in [3.8, 4) is 11.3 Å². The monoisotopic (exact) mass is 481 g/mol. The van der Waals surface area contributed by atoms with Crippen molar-refractivity contribution in [1.29, 1.82) is 0 Å². The van der Waals surface area contributed by atoms with Crippen molar-refractivity contribution in [2.75, 3.05) is 0 Å². The smallest absolute Gasteiger partial charge is 0.361 e. The number of fused-ring (bicyclic) bond motifs is 6. The Morgan fingerprint density at radius 3 is 2.59 bits per heavy atom. The molecule has 1 aromatic carbocycles. The second-order valence-electron chi connectivity index (χ2n) is 8.88. The summed E-state index contributed by atoms with van der Waals surface area (Å²) in [6.45, 7) is 3.83. The maximum Gasteiger partial charge on any atom is 0.422 e. The highest BCUT2D eigenvalue weighted by atomic mass is 19.4. The number of alkyl halides is 3. The molecule has 2 aliphatic heterocycles. The average molecular weight is 481 g/mol. The first-order valence-corrected chi connectivity index (χ1v) is 11.1. The van der Waals surface area contributed by atoms with Crippen LogP contribution in [0.2, 0.25) is 0 Å². The topological polar surface area (TPSA) is 42.2 Å². The summed E-state index contributed by atoms with van der Waals surface area (Å²) in [4.78, 5) is 0. The summed E-state index contributed by atoms with van der Waals surface area (Å²) in [6.07, 6.45) is -0.267. The van der Waals surface area contributed by atoms with E-state index < -0.39 is 46.5 Å². The van der Waals surface area contributed by atoms with Gasteiger partial charge in [-0.15, -0.1) is 0 Å². The van der Waals surface area contributed by atoms with Gasteiger partial charge in [-0.05, 0) is 18.6 Å². The van der Waals surface area contributed by atoms with Crippen molar-refractivity contribution in [2.45, 2.75) is 56.8 Å². The average Bonchev–Trinajstić information content (AvgIpc) is 3.27. The van der Waals surface area contributed by atoms with Crippen LogP contribution in [0.5, 0.6) is 0 Å². The molecule has 10 heteroatoms. The van der Waals surface area contributed by atoms with Gasteiger partial charge in [0.2, 0.25) is 29.5 Å². The van der Waals surface area contributed by atoms with Crippen LogP contribution in [0, 0.1) is 11.6 Å². The zero-order chi connectivity index (χ0) is 24.6. The maximum atomic E-state index is 15.7. The summed E-state index contributed by atoms with van der Waals surface area (Å²) in [6, 6.07) is 5.55. The number of halogens is 5. The van der Waals surface area contributed by atoms with Gasteiger partial charge in [0.25, 0.3) is 0 Å². The normalized spacial score (nSPS) is 25.4. The lowest BCUT2D eigenvalue weighted by Gasteiger charge is -2.44. The van der Waals surface area contributed by atoms with E-state index in [1.807, 2.05) is 13.8 Å². The van der Waals surface area contributed by atoms with E-state index >= 15 is 8.78 Å². The predicted molar refractivity (Wildman–Crippen MR) is 109 cm³/mol. The van der Waals surface area contributed by atoms with Gasteiger partial charge >= 0.3 is 11.9 Å². The molecule has 3 unspecified atom stereocenters. The molecule has 0 saturated heterocycles. The Hall–Kier alpha value is -2.85. The van der Waals surface area contributed by atoms with Crippen LogP contribution in [0.3, 0.4) is 0 Å². The van der Waals surface area contributed by atoms with Crippen LogP contribution in [0.25, 0.3) is 11.3 Å². The van der Waals surface area contributed by atoms with E-state index in [0.717, 1.165) is 6.07 Å². The fraction of sp³-hybridized carbons (Fsp3) is 0.417. The van der Waals surface area contributed by atoms with Gasteiger partial charge in [-0.25, -0.2) is 13.3 Å². The lowest BCUT2D eigenvalue weighted by atomic mass is 9.70. The quantitative estimate of drug-likeness (QED) is 0.450. The van der Waals surface area contributed by atoms with Crippen LogP contribution in [0.1, 0.15) is 56.2 Å². The number of ether oxygens (including phenoxy) is 1. The zero-order valence-electron chi connectivity index (χ0n) is 18.8. The minimum atomic E-state index is -5.24. The Bertz CT molecular complexity index is 1300. The molecule has 3 aromatic rings. The SMILES string of the molecule is CCCC1(CC)[n+]2ccccc2-c2c(cc(F)c(C(F)(F)F)c2F)C12OC(O)c1c[n+](C)cn12. The lowest BCUT2D eigenvalue weighted by Crippen LogP contribution is -2.72. The molecule has 0 radical (unpaired) electrons. The van der Waals surface area contributed by atoms with Crippen LogP contribution >= 0.6 is 0 Å². The number of nitrogens with zero attached hydrogens (tertiary/aromatic N) is 3. The van der Waals surface area contributed by atoms with E-state index in [1.54, 1.807) is 51.6 Å². The van der Waals surface area contributed by atoms with Gasteiger partial charge in [0, 0.05) is 25.0 Å². The first-order chi connectivity index (χ1) is 16.0. The Balaban J connectivity index is 2.01. The van der Waals surface area contributed by atoms with Gasteiger partial charge in [-0.2, -0.15) is 22.3 Å². The predicted octanol–water partition coefficient (Wildman–Crippen LogP) is 4.21. The van der Waals surface area contributed by atoms with Crippen molar-refractivity contribution < 1.29 is 40.9 Å². The Kier molecular flexibility index (Phi) is 4.94. The summed E-state index contributed by atoms with van der Waals surface area (Å²) in [5, 5.41) is 10.9. The maximum absolute atomic E-state index is 15.7. The van der Waals surface area contributed by atoms with Crippen molar-refractivity contribution in [2.24, 2.45) is 7.05 Å². The molecular weight excluding hydrogens is 457 g/mol. The second-order valence-corrected chi connectivity index (χ2v) is 8.88. The standard InChI is InChI=1S/C24H24F5N3O2/c1-4-9-22(5-2)23(32-13-30(3)12-17(32)21(33)34-23)14-11-15(25)19(24(27,28)29)20(26)18(14)16-8-6-7-10-31(16)22/h6-8,10-13,21,33H,4-5,9H2,1-3H3/q+2. The van der Waals surface area contributed by atoms with Gasteiger partial charge in [0.15, 0.2) is 12.0 Å². The fourth-order valence-corrected chi connectivity index (χ4v) is 5.93. The molecule has 2 aliphatic rings. The van der Waals surface area contributed by atoms with Crippen LogP contribution < -0.4 is 9.13 Å². The van der Waals surface area contributed by atoms with E-state index in [4.69, 9.17) is 4.74 Å². The van der Waals surface area contributed by atoms with Crippen molar-refractivity contribution >= 4 is 0 Å². The third-order valence-electron chi connectivity index (χ3n) is 7.11. The van der Waals surface area contributed by atoms with E-state index in [2.05, 4.69) is 0 Å². The molecular formula is C24H24F5N3O2+2. The fourth-order valence-electron chi connectivity index (χ4n) is 5.93. The summed E-state index contributed by atoms with van der Waals surface area (Å²) < 4.78 is 83.1. The number of hydrogen-bond acceptors (Lipinski definition) is 2. The molecule has 2 aromatic heterocycles. The first kappa shape index (κ1) is 22.9. The minimum Gasteiger partial charge on any atom is -0.361 e. The highest BCUT2D eigenvalue weighted by Gasteiger charge is 2.73. The molecule has 4 heterocycles. The molecule has 5 nitrogen and oxygen atoms in total. The van der Waals surface area contributed by atoms with Crippen LogP contribution in [-0.4, -0.2) is 9.67 Å². The second kappa shape index (κ2) is 7.32. The lowest BCUT2D eigenvalue weighted by molar-refractivity contribution is -0.782. The third-order valence-corrected chi connectivity index (χ3v) is 7.11. The van der Waals surface area contributed by atoms with E-state index in [0.29, 0.717) is 25.0 Å². The zero-order valence-corrected chi connectivity index (χ0v) is 18.8. The minimum absolute atomic E-state index is 0.0917. The van der Waals surface area contributed by atoms with Gasteiger partial charge in [-0.1, -0.05) is 13.8 Å². The van der Waals surface area contributed by atoms with Gasteiger partial charge < -0.3 is 5.11 Å². The number of hydrogen-bond donors (Lipinski definition) is 1. The summed E-state index contributed by atoms with van der Waals surface area (Å²) in [7, 11) is 1.72. The number of aliphatic hydroxyl groups is 1. The number of imidazole rings is 1. The largest absolute Gasteiger partial charge is 0.422 e.